The number of methoxy groups -OCH3 is 2. The summed E-state index contributed by atoms with van der Waals surface area (Å²) in [5, 5.41) is 11.1. The van der Waals surface area contributed by atoms with Crippen molar-refractivity contribution in [2.45, 2.75) is 113 Å². The number of benzene rings is 2. The highest BCUT2D eigenvalue weighted by molar-refractivity contribution is 6.20. The molecular formula is C38H53NO5. The van der Waals surface area contributed by atoms with E-state index in [1.54, 1.807) is 0 Å². The molecule has 0 atom stereocenters. The van der Waals surface area contributed by atoms with E-state index in [1.165, 1.54) is 14.2 Å². The first kappa shape index (κ1) is 36.6. The Morgan fingerprint density at radius 3 is 1.75 bits per heavy atom. The highest BCUT2D eigenvalue weighted by Gasteiger charge is 2.55. The number of hydrogen-bond donors (Lipinski definition) is 0. The largest absolute Gasteiger partial charge is 0.488 e. The average Bonchev–Trinajstić information content (AvgIpc) is 2.87. The Bertz CT molecular complexity index is 1450. The Labute approximate surface area is 265 Å². The van der Waals surface area contributed by atoms with Gasteiger partial charge in [-0.15, -0.1) is 0 Å². The number of nitriles is 1. The van der Waals surface area contributed by atoms with Crippen LogP contribution in [0, 0.1) is 29.1 Å². The van der Waals surface area contributed by atoms with Gasteiger partial charge in [-0.2, -0.15) is 5.26 Å². The van der Waals surface area contributed by atoms with E-state index < -0.39 is 28.2 Å². The Balaban J connectivity index is 2.95. The Hall–Kier alpha value is -3.59. The van der Waals surface area contributed by atoms with Gasteiger partial charge in [0.05, 0.1) is 31.3 Å². The summed E-state index contributed by atoms with van der Waals surface area (Å²) in [4.78, 5) is 24.7. The number of carbonyl (C=O) groups excluding carboxylic acids is 2. The fraction of sp³-hybridized carbons (Fsp3) is 0.553. The fourth-order valence-electron chi connectivity index (χ4n) is 6.19. The molecule has 0 aliphatic heterocycles. The van der Waals surface area contributed by atoms with Gasteiger partial charge < -0.3 is 14.2 Å². The number of carbonyl (C=O) groups is 2. The molecule has 0 fully saturated rings. The summed E-state index contributed by atoms with van der Waals surface area (Å²) in [6.45, 7) is 27.9. The van der Waals surface area contributed by atoms with Gasteiger partial charge in [-0.25, -0.2) is 9.59 Å². The number of ether oxygens (including phenoxy) is 3. The number of aryl methyl sites for hydroxylation is 1. The van der Waals surface area contributed by atoms with Crippen LogP contribution < -0.4 is 4.74 Å². The van der Waals surface area contributed by atoms with Crippen molar-refractivity contribution in [3.63, 3.8) is 0 Å². The molecule has 0 N–H and O–H groups in total. The smallest absolute Gasteiger partial charge is 0.338 e. The minimum atomic E-state index is -0.907. The van der Waals surface area contributed by atoms with Gasteiger partial charge in [0, 0.05) is 17.2 Å². The number of rotatable bonds is 7. The molecule has 2 aromatic carbocycles. The van der Waals surface area contributed by atoms with Gasteiger partial charge in [0.25, 0.3) is 0 Å². The van der Waals surface area contributed by atoms with Crippen LogP contribution in [0.15, 0.2) is 36.4 Å². The van der Waals surface area contributed by atoms with Gasteiger partial charge in [-0.05, 0) is 57.4 Å². The predicted molar refractivity (Wildman–Crippen MR) is 178 cm³/mol. The van der Waals surface area contributed by atoms with Crippen molar-refractivity contribution in [2.24, 2.45) is 10.8 Å². The second-order valence-electron chi connectivity index (χ2n) is 15.8. The molecule has 0 unspecified atom stereocenters. The topological polar surface area (TPSA) is 85.6 Å². The molecule has 0 heterocycles. The molecule has 0 saturated carbocycles. The molecule has 0 aliphatic rings. The molecule has 0 amide bonds. The third-order valence-electron chi connectivity index (χ3n) is 8.28. The van der Waals surface area contributed by atoms with Crippen molar-refractivity contribution in [3.8, 4) is 11.8 Å². The van der Waals surface area contributed by atoms with Crippen LogP contribution >= 0.6 is 0 Å². The Kier molecular flexibility index (Phi) is 10.6. The quantitative estimate of drug-likeness (QED) is 0.232. The molecule has 2 rings (SSSR count). The minimum absolute atomic E-state index is 0.0962. The molecule has 0 radical (unpaired) electrons. The lowest BCUT2D eigenvalue weighted by atomic mass is 9.51. The van der Waals surface area contributed by atoms with Crippen LogP contribution in [-0.2, 0) is 41.9 Å². The van der Waals surface area contributed by atoms with Crippen molar-refractivity contribution in [3.05, 3.63) is 69.8 Å². The van der Waals surface area contributed by atoms with Crippen molar-refractivity contribution in [1.82, 2.24) is 0 Å². The fourth-order valence-corrected chi connectivity index (χ4v) is 6.19. The van der Waals surface area contributed by atoms with E-state index >= 15 is 0 Å². The van der Waals surface area contributed by atoms with Crippen molar-refractivity contribution in [1.29, 1.82) is 5.26 Å². The highest BCUT2D eigenvalue weighted by atomic mass is 16.5. The molecule has 0 aromatic heterocycles. The zero-order chi connectivity index (χ0) is 34.1. The predicted octanol–water partition coefficient (Wildman–Crippen LogP) is 8.75. The van der Waals surface area contributed by atoms with E-state index in [1.807, 2.05) is 25.1 Å². The summed E-state index contributed by atoms with van der Waals surface area (Å²) in [6, 6.07) is 12.8. The normalized spacial score (nSPS) is 13.3. The molecule has 0 spiro atoms. The minimum Gasteiger partial charge on any atom is -0.488 e. The third kappa shape index (κ3) is 7.54. The SMILES string of the molecule is COC(=O)/C=C(/C(=O)OC)c1cc(C)cc(COc2c(C(C)(C)C)cc(C(C)(C)C)cc2C(C#N)(C(C)(C)C)C(C)(C)C)c1. The van der Waals surface area contributed by atoms with Gasteiger partial charge in [0.15, 0.2) is 0 Å². The van der Waals surface area contributed by atoms with Gasteiger partial charge in [0.1, 0.15) is 12.4 Å². The number of nitrogens with zero attached hydrogens (tertiary/aromatic N) is 1. The first-order valence-corrected chi connectivity index (χ1v) is 15.2. The molecule has 6 heteroatoms. The summed E-state index contributed by atoms with van der Waals surface area (Å²) in [5.41, 5.74) is 3.13. The maximum atomic E-state index is 12.6. The Morgan fingerprint density at radius 1 is 0.773 bits per heavy atom. The van der Waals surface area contributed by atoms with Crippen LogP contribution in [0.5, 0.6) is 5.75 Å². The lowest BCUT2D eigenvalue weighted by molar-refractivity contribution is -0.136. The summed E-state index contributed by atoms with van der Waals surface area (Å²) in [7, 11) is 2.53. The second-order valence-corrected chi connectivity index (χ2v) is 15.8. The maximum Gasteiger partial charge on any atom is 0.338 e. The van der Waals surface area contributed by atoms with E-state index in [4.69, 9.17) is 14.2 Å². The van der Waals surface area contributed by atoms with Crippen molar-refractivity contribution < 1.29 is 23.8 Å². The first-order valence-electron chi connectivity index (χ1n) is 15.2. The summed E-state index contributed by atoms with van der Waals surface area (Å²) in [6.07, 6.45) is 1.14. The molecule has 0 bridgehead atoms. The Morgan fingerprint density at radius 2 is 1.32 bits per heavy atom. The van der Waals surface area contributed by atoms with E-state index in [2.05, 4.69) is 101 Å². The van der Waals surface area contributed by atoms with Crippen LogP contribution in [0.2, 0.25) is 0 Å². The van der Waals surface area contributed by atoms with Crippen LogP contribution in [0.25, 0.3) is 5.57 Å². The lowest BCUT2D eigenvalue weighted by Crippen LogP contribution is -2.49. The van der Waals surface area contributed by atoms with E-state index in [0.717, 1.165) is 33.9 Å². The maximum absolute atomic E-state index is 12.6. The van der Waals surface area contributed by atoms with Crippen LogP contribution in [0.4, 0.5) is 0 Å². The number of hydrogen-bond acceptors (Lipinski definition) is 6. The molecule has 44 heavy (non-hydrogen) atoms. The highest BCUT2D eigenvalue weighted by Crippen LogP contribution is 2.57. The van der Waals surface area contributed by atoms with Crippen molar-refractivity contribution >= 4 is 17.5 Å². The van der Waals surface area contributed by atoms with Gasteiger partial charge in [-0.1, -0.05) is 107 Å². The first-order chi connectivity index (χ1) is 19.9. The molecule has 240 valence electrons. The van der Waals surface area contributed by atoms with Crippen LogP contribution in [0.1, 0.15) is 116 Å². The van der Waals surface area contributed by atoms with Gasteiger partial charge >= 0.3 is 11.9 Å². The summed E-state index contributed by atoms with van der Waals surface area (Å²) < 4.78 is 16.6. The molecule has 6 nitrogen and oxygen atoms in total. The standard InChI is InChI=1S/C38H53NO5/c1-24-16-25(18-26(17-24)28(33(41)43-15)21-31(40)42-14)22-44-32-29(35(5,6)7)19-27(34(2,3)4)20-30(32)38(23-39,36(8,9)10)37(11,12)13/h16-21H,22H2,1-15H3/b28-21+. The number of esters is 2. The lowest BCUT2D eigenvalue weighted by Gasteiger charge is -2.50. The molecule has 0 saturated heterocycles. The van der Waals surface area contributed by atoms with E-state index in [-0.39, 0.29) is 23.0 Å². The summed E-state index contributed by atoms with van der Waals surface area (Å²) in [5.74, 6) is -0.587. The van der Waals surface area contributed by atoms with Crippen LogP contribution in [0.3, 0.4) is 0 Å². The van der Waals surface area contributed by atoms with Crippen LogP contribution in [-0.4, -0.2) is 26.2 Å². The molecular weight excluding hydrogens is 550 g/mol. The zero-order valence-electron chi connectivity index (χ0n) is 29.7. The monoisotopic (exact) mass is 603 g/mol. The van der Waals surface area contributed by atoms with Crippen molar-refractivity contribution in [2.75, 3.05) is 14.2 Å². The second kappa shape index (κ2) is 12.8. The van der Waals surface area contributed by atoms with E-state index in [0.29, 0.717) is 11.3 Å². The summed E-state index contributed by atoms with van der Waals surface area (Å²) >= 11 is 0. The third-order valence-corrected chi connectivity index (χ3v) is 8.28. The van der Waals surface area contributed by atoms with E-state index in [9.17, 15) is 14.9 Å². The van der Waals surface area contributed by atoms with Gasteiger partial charge in [-0.3, -0.25) is 0 Å². The molecule has 0 aliphatic carbocycles. The zero-order valence-corrected chi connectivity index (χ0v) is 29.7. The van der Waals surface area contributed by atoms with Gasteiger partial charge in [0.2, 0.25) is 0 Å². The molecule has 2 aromatic rings. The average molecular weight is 604 g/mol.